The molecule has 0 unspecified atom stereocenters. The van der Waals surface area contributed by atoms with Gasteiger partial charge >= 0.3 is 0 Å². The number of benzene rings is 7. The van der Waals surface area contributed by atoms with E-state index in [1.807, 2.05) is 91.0 Å². The fourth-order valence-corrected chi connectivity index (χ4v) is 6.96. The lowest BCUT2D eigenvalue weighted by Crippen LogP contribution is -2.15. The Labute approximate surface area is 294 Å². The fraction of sp³-hybridized carbons (Fsp3) is 0. The molecule has 0 radical (unpaired) electrons. The van der Waals surface area contributed by atoms with Gasteiger partial charge in [0.1, 0.15) is 0 Å². The predicted molar refractivity (Wildman–Crippen MR) is 202 cm³/mol. The second-order valence-electron chi connectivity index (χ2n) is 12.4. The average molecular weight is 660 g/mol. The van der Waals surface area contributed by atoms with E-state index in [4.69, 9.17) is 19.7 Å². The summed E-state index contributed by atoms with van der Waals surface area (Å²) in [6, 6.07) is 59.7. The molecule has 2 aliphatic rings. The Morgan fingerprint density at radius 1 is 0.314 bits per heavy atom. The second-order valence-corrected chi connectivity index (χ2v) is 12.4. The molecular formula is C44H29N5O2. The Bertz CT molecular complexity index is 2300. The van der Waals surface area contributed by atoms with Crippen LogP contribution in [0.1, 0.15) is 0 Å². The highest BCUT2D eigenvalue weighted by molar-refractivity contribution is 5.88. The molecule has 0 spiro atoms. The van der Waals surface area contributed by atoms with Crippen LogP contribution < -0.4 is 19.3 Å². The third kappa shape index (κ3) is 4.82. The van der Waals surface area contributed by atoms with Gasteiger partial charge < -0.3 is 19.3 Å². The summed E-state index contributed by atoms with van der Waals surface area (Å²) >= 11 is 0. The zero-order valence-electron chi connectivity index (χ0n) is 27.3. The molecule has 0 N–H and O–H groups in total. The highest BCUT2D eigenvalue weighted by Gasteiger charge is 2.27. The normalized spacial score (nSPS) is 12.5. The number of anilines is 6. The van der Waals surface area contributed by atoms with Crippen LogP contribution in [0.2, 0.25) is 0 Å². The molecule has 0 amide bonds. The molecule has 242 valence electrons. The molecule has 3 heterocycles. The molecule has 1 aromatic heterocycles. The van der Waals surface area contributed by atoms with E-state index in [0.717, 1.165) is 85.6 Å². The topological polar surface area (TPSA) is 55.7 Å². The van der Waals surface area contributed by atoms with Gasteiger partial charge in [-0.3, -0.25) is 4.57 Å². The van der Waals surface area contributed by atoms with E-state index in [1.165, 1.54) is 0 Å². The average Bonchev–Trinajstić information content (AvgIpc) is 3.65. The number of fused-ring (bicyclic) bond motifs is 4. The third-order valence-electron chi connectivity index (χ3n) is 9.31. The van der Waals surface area contributed by atoms with Crippen LogP contribution in [-0.4, -0.2) is 14.8 Å². The van der Waals surface area contributed by atoms with Crippen LogP contribution in [0.25, 0.3) is 28.5 Å². The first-order chi connectivity index (χ1) is 25.3. The predicted octanol–water partition coefficient (Wildman–Crippen LogP) is 11.8. The Morgan fingerprint density at radius 2 is 0.647 bits per heavy atom. The molecule has 0 fully saturated rings. The standard InChI is InChI=1S/C44H29N5O2/c1-2-12-32(13-3-1)49-43(30-22-26-33(27-23-30)47-35-14-4-8-18-39(35)50-40-19-9-5-15-36(40)47)45-46-44(49)31-24-28-34(29-25-31)48-37-16-6-10-20-41(37)51-42-21-11-7-17-38(42)48/h1-29H. The van der Waals surface area contributed by atoms with Gasteiger partial charge in [-0.1, -0.05) is 66.7 Å². The van der Waals surface area contributed by atoms with E-state index in [9.17, 15) is 0 Å². The van der Waals surface area contributed by atoms with Gasteiger partial charge in [0.15, 0.2) is 34.6 Å². The van der Waals surface area contributed by atoms with E-state index in [1.54, 1.807) is 0 Å². The van der Waals surface area contributed by atoms with Gasteiger partial charge in [0.05, 0.1) is 22.7 Å². The number of ether oxygens (including phenoxy) is 2. The first-order valence-corrected chi connectivity index (χ1v) is 16.8. The van der Waals surface area contributed by atoms with Gasteiger partial charge in [-0.25, -0.2) is 0 Å². The molecule has 10 rings (SSSR count). The van der Waals surface area contributed by atoms with Crippen molar-refractivity contribution in [2.24, 2.45) is 0 Å². The van der Waals surface area contributed by atoms with Crippen molar-refractivity contribution in [2.75, 3.05) is 9.80 Å². The van der Waals surface area contributed by atoms with Crippen LogP contribution in [0, 0.1) is 0 Å². The van der Waals surface area contributed by atoms with Crippen molar-refractivity contribution in [2.45, 2.75) is 0 Å². The molecule has 0 aliphatic carbocycles. The summed E-state index contributed by atoms with van der Waals surface area (Å²) in [5.74, 6) is 4.79. The van der Waals surface area contributed by atoms with Crippen LogP contribution in [0.4, 0.5) is 34.1 Å². The van der Waals surface area contributed by atoms with E-state index in [2.05, 4.69) is 99.3 Å². The summed E-state index contributed by atoms with van der Waals surface area (Å²) in [5, 5.41) is 9.55. The van der Waals surface area contributed by atoms with Crippen molar-refractivity contribution in [1.29, 1.82) is 0 Å². The van der Waals surface area contributed by atoms with E-state index >= 15 is 0 Å². The van der Waals surface area contributed by atoms with Crippen LogP contribution in [0.3, 0.4) is 0 Å². The number of para-hydroxylation sites is 9. The molecule has 7 nitrogen and oxygen atoms in total. The van der Waals surface area contributed by atoms with Crippen LogP contribution >= 0.6 is 0 Å². The number of aromatic nitrogens is 3. The maximum atomic E-state index is 6.23. The lowest BCUT2D eigenvalue weighted by atomic mass is 10.1. The highest BCUT2D eigenvalue weighted by atomic mass is 16.5. The van der Waals surface area contributed by atoms with Crippen molar-refractivity contribution in [3.8, 4) is 51.5 Å². The fourth-order valence-electron chi connectivity index (χ4n) is 6.96. The maximum Gasteiger partial charge on any atom is 0.168 e. The highest BCUT2D eigenvalue weighted by Crippen LogP contribution is 2.51. The molecule has 7 aromatic carbocycles. The minimum Gasteiger partial charge on any atom is -0.453 e. The summed E-state index contributed by atoms with van der Waals surface area (Å²) in [6.45, 7) is 0. The quantitative estimate of drug-likeness (QED) is 0.183. The lowest BCUT2D eigenvalue weighted by molar-refractivity contribution is 0.477. The molecule has 0 bridgehead atoms. The Balaban J connectivity index is 1.04. The van der Waals surface area contributed by atoms with Crippen molar-refractivity contribution in [3.63, 3.8) is 0 Å². The van der Waals surface area contributed by atoms with Gasteiger partial charge in [-0.15, -0.1) is 10.2 Å². The molecule has 51 heavy (non-hydrogen) atoms. The zero-order chi connectivity index (χ0) is 33.7. The van der Waals surface area contributed by atoms with Crippen LogP contribution in [0.15, 0.2) is 176 Å². The minimum absolute atomic E-state index is 0.755. The smallest absolute Gasteiger partial charge is 0.168 e. The first kappa shape index (κ1) is 28.9. The monoisotopic (exact) mass is 659 g/mol. The van der Waals surface area contributed by atoms with Crippen LogP contribution in [0.5, 0.6) is 23.0 Å². The Kier molecular flexibility index (Phi) is 6.67. The summed E-state index contributed by atoms with van der Waals surface area (Å²) < 4.78 is 14.6. The SMILES string of the molecule is c1ccc(-n2c(-c3ccc(N4c5ccccc5Oc5ccccc54)cc3)nnc2-c2ccc(N3c4ccccc4Oc4ccccc43)cc2)cc1. The van der Waals surface area contributed by atoms with Gasteiger partial charge in [-0.2, -0.15) is 0 Å². The van der Waals surface area contributed by atoms with E-state index < -0.39 is 0 Å². The summed E-state index contributed by atoms with van der Waals surface area (Å²) in [7, 11) is 0. The van der Waals surface area contributed by atoms with Gasteiger partial charge in [0.2, 0.25) is 0 Å². The molecule has 0 saturated heterocycles. The first-order valence-electron chi connectivity index (χ1n) is 16.8. The van der Waals surface area contributed by atoms with Gasteiger partial charge in [-0.05, 0) is 109 Å². The Morgan fingerprint density at radius 3 is 1.02 bits per heavy atom. The molecule has 2 aliphatic heterocycles. The molecule has 0 atom stereocenters. The minimum atomic E-state index is 0.755. The van der Waals surface area contributed by atoms with Gasteiger partial charge in [0.25, 0.3) is 0 Å². The summed E-state index contributed by atoms with van der Waals surface area (Å²) in [5.41, 5.74) is 8.90. The Hall–Kier alpha value is -7.12. The van der Waals surface area contributed by atoms with E-state index in [-0.39, 0.29) is 0 Å². The van der Waals surface area contributed by atoms with Crippen molar-refractivity contribution in [1.82, 2.24) is 14.8 Å². The zero-order valence-corrected chi connectivity index (χ0v) is 27.3. The summed E-state index contributed by atoms with van der Waals surface area (Å²) in [4.78, 5) is 4.47. The van der Waals surface area contributed by atoms with Crippen LogP contribution in [-0.2, 0) is 0 Å². The molecule has 0 saturated carbocycles. The van der Waals surface area contributed by atoms with Gasteiger partial charge in [0, 0.05) is 28.2 Å². The molecular weight excluding hydrogens is 631 g/mol. The molecule has 7 heteroatoms. The second kappa shape index (κ2) is 11.8. The number of rotatable bonds is 5. The lowest BCUT2D eigenvalue weighted by Gasteiger charge is -2.32. The number of nitrogens with zero attached hydrogens (tertiary/aromatic N) is 5. The number of hydrogen-bond acceptors (Lipinski definition) is 6. The molecule has 8 aromatic rings. The van der Waals surface area contributed by atoms with Crippen molar-refractivity contribution < 1.29 is 9.47 Å². The van der Waals surface area contributed by atoms with Crippen molar-refractivity contribution in [3.05, 3.63) is 176 Å². The third-order valence-corrected chi connectivity index (χ3v) is 9.31. The van der Waals surface area contributed by atoms with E-state index in [0.29, 0.717) is 0 Å². The number of hydrogen-bond donors (Lipinski definition) is 0. The largest absolute Gasteiger partial charge is 0.453 e. The van der Waals surface area contributed by atoms with Crippen molar-refractivity contribution >= 4 is 34.1 Å². The summed E-state index contributed by atoms with van der Waals surface area (Å²) in [6.07, 6.45) is 0. The maximum absolute atomic E-state index is 6.23.